The summed E-state index contributed by atoms with van der Waals surface area (Å²) in [5.74, 6) is 0. The van der Waals surface area contributed by atoms with Gasteiger partial charge >= 0.3 is 0 Å². The molecule has 2 heterocycles. The standard InChI is InChI=1S/C14H25BrN2O/c15-11-14(3-9-18-10-4-14)12-16-5-7-17(8-6-16)13-1-2-13/h13H,1-12H2. The van der Waals surface area contributed by atoms with E-state index in [1.54, 1.807) is 0 Å². The van der Waals surface area contributed by atoms with Gasteiger partial charge in [-0.25, -0.2) is 0 Å². The van der Waals surface area contributed by atoms with Gasteiger partial charge in [-0.05, 0) is 31.1 Å². The number of rotatable bonds is 4. The average Bonchev–Trinajstić information content (AvgIpc) is 3.25. The molecule has 104 valence electrons. The van der Waals surface area contributed by atoms with Gasteiger partial charge in [-0.1, -0.05) is 15.9 Å². The largest absolute Gasteiger partial charge is 0.381 e. The Morgan fingerprint density at radius 2 is 1.72 bits per heavy atom. The zero-order valence-corrected chi connectivity index (χ0v) is 12.8. The van der Waals surface area contributed by atoms with Crippen molar-refractivity contribution in [1.82, 2.24) is 9.80 Å². The molecule has 0 N–H and O–H groups in total. The van der Waals surface area contributed by atoms with Gasteiger partial charge in [0.15, 0.2) is 0 Å². The Labute approximate surface area is 119 Å². The van der Waals surface area contributed by atoms with E-state index in [-0.39, 0.29) is 0 Å². The first-order valence-electron chi connectivity index (χ1n) is 7.41. The molecule has 0 atom stereocenters. The molecule has 0 aromatic rings. The number of hydrogen-bond donors (Lipinski definition) is 0. The van der Waals surface area contributed by atoms with Crippen LogP contribution >= 0.6 is 15.9 Å². The summed E-state index contributed by atoms with van der Waals surface area (Å²) in [5, 5.41) is 1.13. The maximum atomic E-state index is 5.52. The van der Waals surface area contributed by atoms with E-state index >= 15 is 0 Å². The van der Waals surface area contributed by atoms with Crippen LogP contribution in [0, 0.1) is 5.41 Å². The van der Waals surface area contributed by atoms with Gasteiger partial charge in [-0.15, -0.1) is 0 Å². The van der Waals surface area contributed by atoms with Crippen LogP contribution in [-0.4, -0.2) is 67.1 Å². The van der Waals surface area contributed by atoms with Gasteiger partial charge in [-0.3, -0.25) is 4.90 Å². The average molecular weight is 317 g/mol. The van der Waals surface area contributed by atoms with E-state index in [4.69, 9.17) is 4.74 Å². The third kappa shape index (κ3) is 3.09. The Morgan fingerprint density at radius 3 is 2.28 bits per heavy atom. The van der Waals surface area contributed by atoms with Crippen LogP contribution in [0.5, 0.6) is 0 Å². The minimum Gasteiger partial charge on any atom is -0.381 e. The van der Waals surface area contributed by atoms with Crippen LogP contribution in [0.4, 0.5) is 0 Å². The predicted molar refractivity (Wildman–Crippen MR) is 77.3 cm³/mol. The zero-order chi connectivity index (χ0) is 12.4. The van der Waals surface area contributed by atoms with E-state index in [0.29, 0.717) is 5.41 Å². The second-order valence-corrected chi connectivity index (χ2v) is 6.85. The minimum atomic E-state index is 0.472. The van der Waals surface area contributed by atoms with E-state index < -0.39 is 0 Å². The summed E-state index contributed by atoms with van der Waals surface area (Å²) in [6.07, 6.45) is 5.34. The van der Waals surface area contributed by atoms with E-state index in [1.165, 1.54) is 58.4 Å². The van der Waals surface area contributed by atoms with Crippen LogP contribution in [0.15, 0.2) is 0 Å². The normalized spacial score (nSPS) is 30.5. The van der Waals surface area contributed by atoms with Crippen molar-refractivity contribution < 1.29 is 4.74 Å². The van der Waals surface area contributed by atoms with Gasteiger partial charge < -0.3 is 9.64 Å². The lowest BCUT2D eigenvalue weighted by molar-refractivity contribution is -0.000986. The number of halogens is 1. The molecule has 3 rings (SSSR count). The van der Waals surface area contributed by atoms with Crippen molar-refractivity contribution in [1.29, 1.82) is 0 Å². The molecular weight excluding hydrogens is 292 g/mol. The second-order valence-electron chi connectivity index (χ2n) is 6.29. The van der Waals surface area contributed by atoms with Crippen LogP contribution in [0.2, 0.25) is 0 Å². The topological polar surface area (TPSA) is 15.7 Å². The lowest BCUT2D eigenvalue weighted by Crippen LogP contribution is -2.51. The summed E-state index contributed by atoms with van der Waals surface area (Å²) >= 11 is 3.75. The van der Waals surface area contributed by atoms with E-state index in [9.17, 15) is 0 Å². The van der Waals surface area contributed by atoms with Crippen molar-refractivity contribution in [2.45, 2.75) is 31.7 Å². The molecule has 3 fully saturated rings. The lowest BCUT2D eigenvalue weighted by Gasteiger charge is -2.43. The summed E-state index contributed by atoms with van der Waals surface area (Å²) in [6.45, 7) is 8.29. The lowest BCUT2D eigenvalue weighted by atomic mass is 9.81. The highest BCUT2D eigenvalue weighted by Crippen LogP contribution is 2.34. The van der Waals surface area contributed by atoms with Crippen molar-refractivity contribution in [2.24, 2.45) is 5.41 Å². The van der Waals surface area contributed by atoms with Crippen LogP contribution in [-0.2, 0) is 4.74 Å². The van der Waals surface area contributed by atoms with Gasteiger partial charge in [0, 0.05) is 57.3 Å². The third-order valence-electron chi connectivity index (χ3n) is 4.87. The maximum Gasteiger partial charge on any atom is 0.0472 e. The molecule has 2 aliphatic heterocycles. The molecule has 18 heavy (non-hydrogen) atoms. The third-order valence-corrected chi connectivity index (χ3v) is 6.06. The highest BCUT2D eigenvalue weighted by molar-refractivity contribution is 9.09. The Kier molecular flexibility index (Phi) is 4.28. The molecule has 0 bridgehead atoms. The van der Waals surface area contributed by atoms with Crippen molar-refractivity contribution in [3.05, 3.63) is 0 Å². The van der Waals surface area contributed by atoms with Crippen molar-refractivity contribution in [3.8, 4) is 0 Å². The molecule has 0 aromatic heterocycles. The number of piperazine rings is 1. The number of nitrogens with zero attached hydrogens (tertiary/aromatic N) is 2. The molecule has 3 nitrogen and oxygen atoms in total. The highest BCUT2D eigenvalue weighted by atomic mass is 79.9. The van der Waals surface area contributed by atoms with Gasteiger partial charge in [-0.2, -0.15) is 0 Å². The fourth-order valence-electron chi connectivity index (χ4n) is 3.34. The first-order chi connectivity index (χ1) is 8.81. The van der Waals surface area contributed by atoms with Crippen molar-refractivity contribution >= 4 is 15.9 Å². The van der Waals surface area contributed by atoms with Crippen LogP contribution in [0.1, 0.15) is 25.7 Å². The first kappa shape index (κ1) is 13.3. The Hall–Kier alpha value is 0.360. The van der Waals surface area contributed by atoms with E-state index in [0.717, 1.165) is 24.6 Å². The number of ether oxygens (including phenoxy) is 1. The van der Waals surface area contributed by atoms with Crippen molar-refractivity contribution in [3.63, 3.8) is 0 Å². The first-order valence-corrected chi connectivity index (χ1v) is 8.54. The summed E-state index contributed by atoms with van der Waals surface area (Å²) in [6, 6.07) is 0.945. The van der Waals surface area contributed by atoms with Gasteiger partial charge in [0.2, 0.25) is 0 Å². The molecule has 4 heteroatoms. The quantitative estimate of drug-likeness (QED) is 0.737. The van der Waals surface area contributed by atoms with Gasteiger partial charge in [0.1, 0.15) is 0 Å². The summed E-state index contributed by atoms with van der Waals surface area (Å²) in [5.41, 5.74) is 0.472. The SMILES string of the molecule is BrCC1(CN2CCN(C3CC3)CC2)CCOCC1. The predicted octanol–water partition coefficient (Wildman–Crippen LogP) is 1.96. The minimum absolute atomic E-state index is 0.472. The molecule has 0 spiro atoms. The molecular formula is C14H25BrN2O. The Balaban J connectivity index is 1.49. The maximum absolute atomic E-state index is 5.52. The Bertz CT molecular complexity index is 269. The van der Waals surface area contributed by atoms with Gasteiger partial charge in [0.05, 0.1) is 0 Å². The smallest absolute Gasteiger partial charge is 0.0472 e. The fourth-order valence-corrected chi connectivity index (χ4v) is 4.08. The van der Waals surface area contributed by atoms with Crippen LogP contribution < -0.4 is 0 Å². The van der Waals surface area contributed by atoms with E-state index in [1.807, 2.05) is 0 Å². The number of hydrogen-bond acceptors (Lipinski definition) is 3. The zero-order valence-electron chi connectivity index (χ0n) is 11.2. The fraction of sp³-hybridized carbons (Fsp3) is 1.00. The molecule has 0 amide bonds. The second kappa shape index (κ2) is 5.78. The van der Waals surface area contributed by atoms with Gasteiger partial charge in [0.25, 0.3) is 0 Å². The van der Waals surface area contributed by atoms with Crippen molar-refractivity contribution in [2.75, 3.05) is 51.3 Å². The summed E-state index contributed by atoms with van der Waals surface area (Å²) in [7, 11) is 0. The molecule has 2 saturated heterocycles. The summed E-state index contributed by atoms with van der Waals surface area (Å²) < 4.78 is 5.52. The monoisotopic (exact) mass is 316 g/mol. The molecule has 0 unspecified atom stereocenters. The van der Waals surface area contributed by atoms with E-state index in [2.05, 4.69) is 25.7 Å². The molecule has 0 radical (unpaired) electrons. The highest BCUT2D eigenvalue weighted by Gasteiger charge is 2.36. The number of alkyl halides is 1. The van der Waals surface area contributed by atoms with Crippen LogP contribution in [0.25, 0.3) is 0 Å². The molecule has 0 aromatic carbocycles. The molecule has 1 saturated carbocycles. The van der Waals surface area contributed by atoms with Crippen LogP contribution in [0.3, 0.4) is 0 Å². The molecule has 1 aliphatic carbocycles. The Morgan fingerprint density at radius 1 is 1.06 bits per heavy atom. The molecule has 3 aliphatic rings. The summed E-state index contributed by atoms with van der Waals surface area (Å²) in [4.78, 5) is 5.38.